The molecule has 1 heterocycles. The molecule has 0 bridgehead atoms. The summed E-state index contributed by atoms with van der Waals surface area (Å²) in [5.41, 5.74) is 1.34. The van der Waals surface area contributed by atoms with E-state index >= 15 is 0 Å². The van der Waals surface area contributed by atoms with Gasteiger partial charge in [0.2, 0.25) is 0 Å². The van der Waals surface area contributed by atoms with Gasteiger partial charge in [0, 0.05) is 25.5 Å². The van der Waals surface area contributed by atoms with Crippen molar-refractivity contribution in [1.82, 2.24) is 15.2 Å². The summed E-state index contributed by atoms with van der Waals surface area (Å²) in [5, 5.41) is 3.40. The average molecular weight is 235 g/mol. The lowest BCUT2D eigenvalue weighted by molar-refractivity contribution is 0.238. The Bertz CT molecular complexity index is 287. The Morgan fingerprint density at radius 3 is 2.59 bits per heavy atom. The van der Waals surface area contributed by atoms with Gasteiger partial charge < -0.3 is 5.32 Å². The summed E-state index contributed by atoms with van der Waals surface area (Å²) >= 11 is 0. The maximum Gasteiger partial charge on any atom is 0.0271 e. The number of aromatic nitrogens is 1. The van der Waals surface area contributed by atoms with Gasteiger partial charge in [0.1, 0.15) is 0 Å². The highest BCUT2D eigenvalue weighted by Crippen LogP contribution is 2.06. The Kier molecular flexibility index (Phi) is 6.82. The third-order valence-corrected chi connectivity index (χ3v) is 2.92. The van der Waals surface area contributed by atoms with E-state index in [1.807, 2.05) is 12.4 Å². The molecular weight excluding hydrogens is 210 g/mol. The first-order chi connectivity index (χ1) is 8.26. The Hall–Kier alpha value is -0.930. The van der Waals surface area contributed by atoms with Crippen LogP contribution in [0.25, 0.3) is 0 Å². The van der Waals surface area contributed by atoms with Crippen LogP contribution in [-0.4, -0.2) is 36.1 Å². The Morgan fingerprint density at radius 1 is 1.29 bits per heavy atom. The number of pyridine rings is 1. The van der Waals surface area contributed by atoms with Gasteiger partial charge in [-0.2, -0.15) is 0 Å². The number of hydrogen-bond acceptors (Lipinski definition) is 3. The van der Waals surface area contributed by atoms with Crippen molar-refractivity contribution in [1.29, 1.82) is 0 Å². The highest BCUT2D eigenvalue weighted by atomic mass is 15.1. The van der Waals surface area contributed by atoms with Gasteiger partial charge in [-0.1, -0.05) is 20.8 Å². The second kappa shape index (κ2) is 8.20. The molecule has 0 spiro atoms. The molecule has 0 radical (unpaired) electrons. The molecule has 3 nitrogen and oxygen atoms in total. The van der Waals surface area contributed by atoms with Gasteiger partial charge in [-0.3, -0.25) is 9.88 Å². The minimum Gasteiger partial charge on any atom is -0.317 e. The molecule has 0 fully saturated rings. The van der Waals surface area contributed by atoms with Crippen molar-refractivity contribution >= 4 is 0 Å². The van der Waals surface area contributed by atoms with E-state index < -0.39 is 0 Å². The predicted molar refractivity (Wildman–Crippen MR) is 72.9 cm³/mol. The normalized spacial score (nSPS) is 12.9. The van der Waals surface area contributed by atoms with E-state index in [1.165, 1.54) is 5.56 Å². The Balaban J connectivity index is 2.38. The summed E-state index contributed by atoms with van der Waals surface area (Å²) in [6, 6.07) is 4.19. The van der Waals surface area contributed by atoms with Crippen molar-refractivity contribution in [2.75, 3.05) is 26.2 Å². The second-order valence-corrected chi connectivity index (χ2v) is 4.60. The summed E-state index contributed by atoms with van der Waals surface area (Å²) < 4.78 is 0. The molecule has 0 aliphatic rings. The van der Waals surface area contributed by atoms with E-state index in [0.717, 1.165) is 32.7 Å². The smallest absolute Gasteiger partial charge is 0.0271 e. The van der Waals surface area contributed by atoms with Crippen LogP contribution >= 0.6 is 0 Å². The standard InChI is InChI=1S/C14H25N3/c1-4-15-10-13(3)11-17(5-2)12-14-6-8-16-9-7-14/h6-9,13,15H,4-5,10-12H2,1-3H3. The van der Waals surface area contributed by atoms with Gasteiger partial charge in [0.15, 0.2) is 0 Å². The summed E-state index contributed by atoms with van der Waals surface area (Å²) in [6.45, 7) is 12.1. The molecule has 1 unspecified atom stereocenters. The summed E-state index contributed by atoms with van der Waals surface area (Å²) in [6.07, 6.45) is 3.73. The molecule has 17 heavy (non-hydrogen) atoms. The molecule has 3 heteroatoms. The van der Waals surface area contributed by atoms with Gasteiger partial charge in [0.05, 0.1) is 0 Å². The highest BCUT2D eigenvalue weighted by Gasteiger charge is 2.08. The van der Waals surface area contributed by atoms with Gasteiger partial charge in [-0.15, -0.1) is 0 Å². The lowest BCUT2D eigenvalue weighted by atomic mass is 10.1. The number of rotatable bonds is 8. The third kappa shape index (κ3) is 5.80. The summed E-state index contributed by atoms with van der Waals surface area (Å²) in [5.74, 6) is 0.691. The van der Waals surface area contributed by atoms with E-state index in [9.17, 15) is 0 Å². The zero-order chi connectivity index (χ0) is 12.5. The van der Waals surface area contributed by atoms with E-state index in [2.05, 4.69) is 48.1 Å². The molecule has 0 aliphatic heterocycles. The van der Waals surface area contributed by atoms with Crippen LogP contribution in [-0.2, 0) is 6.54 Å². The maximum absolute atomic E-state index is 4.05. The monoisotopic (exact) mass is 235 g/mol. The molecule has 0 aliphatic carbocycles. The predicted octanol–water partition coefficient (Wildman–Crippen LogP) is 2.15. The van der Waals surface area contributed by atoms with E-state index in [-0.39, 0.29) is 0 Å². The average Bonchev–Trinajstić information content (AvgIpc) is 2.36. The van der Waals surface area contributed by atoms with Crippen molar-refractivity contribution in [2.24, 2.45) is 5.92 Å². The Morgan fingerprint density at radius 2 is 2.00 bits per heavy atom. The largest absolute Gasteiger partial charge is 0.317 e. The first kappa shape index (κ1) is 14.1. The fraction of sp³-hybridized carbons (Fsp3) is 0.643. The lowest BCUT2D eigenvalue weighted by Crippen LogP contribution is -2.33. The van der Waals surface area contributed by atoms with Gasteiger partial charge in [0.25, 0.3) is 0 Å². The van der Waals surface area contributed by atoms with Gasteiger partial charge >= 0.3 is 0 Å². The maximum atomic E-state index is 4.05. The summed E-state index contributed by atoms with van der Waals surface area (Å²) in [4.78, 5) is 6.53. The van der Waals surface area contributed by atoms with Crippen LogP contribution in [0.1, 0.15) is 26.3 Å². The summed E-state index contributed by atoms with van der Waals surface area (Å²) in [7, 11) is 0. The minimum atomic E-state index is 0.691. The SMILES string of the molecule is CCNCC(C)CN(CC)Cc1ccncc1. The first-order valence-electron chi connectivity index (χ1n) is 6.58. The lowest BCUT2D eigenvalue weighted by Gasteiger charge is -2.24. The molecule has 1 aromatic rings. The number of nitrogens with zero attached hydrogens (tertiary/aromatic N) is 2. The van der Waals surface area contributed by atoms with Crippen molar-refractivity contribution in [2.45, 2.75) is 27.3 Å². The molecule has 0 aromatic carbocycles. The fourth-order valence-electron chi connectivity index (χ4n) is 1.95. The van der Waals surface area contributed by atoms with Gasteiger partial charge in [-0.05, 0) is 43.2 Å². The zero-order valence-corrected chi connectivity index (χ0v) is 11.3. The van der Waals surface area contributed by atoms with Crippen LogP contribution in [0.3, 0.4) is 0 Å². The zero-order valence-electron chi connectivity index (χ0n) is 11.3. The van der Waals surface area contributed by atoms with Crippen LogP contribution in [0, 0.1) is 5.92 Å². The molecule has 1 N–H and O–H groups in total. The number of hydrogen-bond donors (Lipinski definition) is 1. The molecule has 1 aromatic heterocycles. The van der Waals surface area contributed by atoms with Crippen molar-refractivity contribution in [3.8, 4) is 0 Å². The quantitative estimate of drug-likeness (QED) is 0.748. The topological polar surface area (TPSA) is 28.2 Å². The van der Waals surface area contributed by atoms with Crippen molar-refractivity contribution < 1.29 is 0 Å². The van der Waals surface area contributed by atoms with Crippen LogP contribution in [0.15, 0.2) is 24.5 Å². The third-order valence-electron chi connectivity index (χ3n) is 2.92. The van der Waals surface area contributed by atoms with Crippen molar-refractivity contribution in [3.05, 3.63) is 30.1 Å². The van der Waals surface area contributed by atoms with E-state index in [0.29, 0.717) is 5.92 Å². The molecule has 0 saturated heterocycles. The van der Waals surface area contributed by atoms with Crippen molar-refractivity contribution in [3.63, 3.8) is 0 Å². The second-order valence-electron chi connectivity index (χ2n) is 4.60. The Labute approximate surface area is 105 Å². The highest BCUT2D eigenvalue weighted by molar-refractivity contribution is 5.09. The fourth-order valence-corrected chi connectivity index (χ4v) is 1.95. The van der Waals surface area contributed by atoms with Crippen LogP contribution in [0.2, 0.25) is 0 Å². The van der Waals surface area contributed by atoms with E-state index in [1.54, 1.807) is 0 Å². The molecule has 1 atom stereocenters. The molecular formula is C14H25N3. The van der Waals surface area contributed by atoms with Crippen LogP contribution < -0.4 is 5.32 Å². The van der Waals surface area contributed by atoms with E-state index in [4.69, 9.17) is 0 Å². The number of nitrogens with one attached hydrogen (secondary N) is 1. The van der Waals surface area contributed by atoms with Gasteiger partial charge in [-0.25, -0.2) is 0 Å². The molecule has 1 rings (SSSR count). The first-order valence-corrected chi connectivity index (χ1v) is 6.58. The molecule has 0 saturated carbocycles. The molecule has 0 amide bonds. The van der Waals surface area contributed by atoms with Crippen LogP contribution in [0.4, 0.5) is 0 Å². The minimum absolute atomic E-state index is 0.691. The molecule has 96 valence electrons. The van der Waals surface area contributed by atoms with Crippen LogP contribution in [0.5, 0.6) is 0 Å².